The fourth-order valence-electron chi connectivity index (χ4n) is 8.70. The van der Waals surface area contributed by atoms with E-state index in [-0.39, 0.29) is 0 Å². The number of furan rings is 1. The number of fused-ring (bicyclic) bond motifs is 7. The zero-order chi connectivity index (χ0) is 39.6. The number of hydrogen-bond donors (Lipinski definition) is 0. The Hall–Kier alpha value is -8.15. The van der Waals surface area contributed by atoms with Crippen molar-refractivity contribution >= 4 is 54.5 Å². The molecule has 0 fully saturated rings. The monoisotopic (exact) mass is 766 g/mol. The summed E-state index contributed by atoms with van der Waals surface area (Å²) in [6, 6.07) is 72.2. The highest BCUT2D eigenvalue weighted by atomic mass is 16.3. The molecule has 5 heteroatoms. The van der Waals surface area contributed by atoms with Gasteiger partial charge < -0.3 is 4.42 Å². The van der Waals surface area contributed by atoms with Crippen molar-refractivity contribution < 1.29 is 4.42 Å². The lowest BCUT2D eigenvalue weighted by Gasteiger charge is -2.13. The number of nitrogens with zero attached hydrogens (tertiary/aromatic N) is 4. The molecule has 0 amide bonds. The van der Waals surface area contributed by atoms with Crippen molar-refractivity contribution in [3.63, 3.8) is 0 Å². The molecular formula is C55H34N4O. The average Bonchev–Trinajstić information content (AvgIpc) is 3.87. The van der Waals surface area contributed by atoms with E-state index in [0.29, 0.717) is 17.6 Å². The highest BCUT2D eigenvalue weighted by Gasteiger charge is 2.21. The van der Waals surface area contributed by atoms with E-state index in [1.165, 1.54) is 10.8 Å². The highest BCUT2D eigenvalue weighted by Crippen LogP contribution is 2.41. The van der Waals surface area contributed by atoms with E-state index >= 15 is 0 Å². The first kappa shape index (κ1) is 33.9. The van der Waals surface area contributed by atoms with Crippen LogP contribution in [0.2, 0.25) is 0 Å². The third-order valence-corrected chi connectivity index (χ3v) is 11.7. The van der Waals surface area contributed by atoms with Gasteiger partial charge in [-0.25, -0.2) is 4.98 Å². The fraction of sp³-hybridized carbons (Fsp3) is 0. The Morgan fingerprint density at radius 1 is 0.333 bits per heavy atom. The Kier molecular flexibility index (Phi) is 7.78. The van der Waals surface area contributed by atoms with Crippen LogP contribution in [0.1, 0.15) is 0 Å². The maximum atomic E-state index is 6.68. The van der Waals surface area contributed by atoms with Gasteiger partial charge in [0.1, 0.15) is 11.2 Å². The van der Waals surface area contributed by atoms with Gasteiger partial charge in [0.2, 0.25) is 5.95 Å². The van der Waals surface area contributed by atoms with E-state index in [2.05, 4.69) is 174 Å². The number of aromatic nitrogens is 4. The topological polar surface area (TPSA) is 56.7 Å². The third kappa shape index (κ3) is 5.67. The molecule has 280 valence electrons. The predicted octanol–water partition coefficient (Wildman–Crippen LogP) is 14.4. The lowest BCUT2D eigenvalue weighted by atomic mass is 9.99. The molecule has 0 radical (unpaired) electrons. The first-order valence-corrected chi connectivity index (χ1v) is 20.2. The lowest BCUT2D eigenvalue weighted by Crippen LogP contribution is -2.07. The van der Waals surface area contributed by atoms with E-state index < -0.39 is 0 Å². The van der Waals surface area contributed by atoms with Crippen molar-refractivity contribution in [2.45, 2.75) is 0 Å². The summed E-state index contributed by atoms with van der Waals surface area (Å²) >= 11 is 0. The SMILES string of the molecule is c1ccc(-c2ccc(-c3nc(-c4ccccc4)nc(-n4c5ccccc5c5cccc(-c6ccc7c(c6)oc6cc(-c8ccc9ccccc9c8)ccc67)c54)n3)cc2)cc1. The fourth-order valence-corrected chi connectivity index (χ4v) is 8.70. The normalized spacial score (nSPS) is 11.7. The zero-order valence-corrected chi connectivity index (χ0v) is 32.3. The van der Waals surface area contributed by atoms with Crippen molar-refractivity contribution in [3.8, 4) is 62.1 Å². The van der Waals surface area contributed by atoms with Gasteiger partial charge in [0, 0.05) is 38.2 Å². The average molecular weight is 767 g/mol. The first-order chi connectivity index (χ1) is 29.7. The Morgan fingerprint density at radius 3 is 1.63 bits per heavy atom. The molecule has 0 aliphatic heterocycles. The highest BCUT2D eigenvalue weighted by molar-refractivity contribution is 6.14. The molecule has 0 atom stereocenters. The van der Waals surface area contributed by atoms with E-state index in [4.69, 9.17) is 19.4 Å². The van der Waals surface area contributed by atoms with Gasteiger partial charge in [-0.15, -0.1) is 0 Å². The summed E-state index contributed by atoms with van der Waals surface area (Å²) in [5.41, 5.74) is 12.2. The van der Waals surface area contributed by atoms with E-state index in [0.717, 1.165) is 88.3 Å². The summed E-state index contributed by atoms with van der Waals surface area (Å²) in [6.07, 6.45) is 0. The molecule has 12 aromatic rings. The van der Waals surface area contributed by atoms with Crippen molar-refractivity contribution in [1.82, 2.24) is 19.5 Å². The quantitative estimate of drug-likeness (QED) is 0.169. The van der Waals surface area contributed by atoms with Crippen LogP contribution in [0, 0.1) is 0 Å². The molecule has 9 aromatic carbocycles. The third-order valence-electron chi connectivity index (χ3n) is 11.7. The zero-order valence-electron chi connectivity index (χ0n) is 32.3. The first-order valence-electron chi connectivity index (χ1n) is 20.2. The van der Waals surface area contributed by atoms with Crippen LogP contribution < -0.4 is 0 Å². The van der Waals surface area contributed by atoms with Crippen molar-refractivity contribution in [2.24, 2.45) is 0 Å². The van der Waals surface area contributed by atoms with Crippen molar-refractivity contribution in [1.29, 1.82) is 0 Å². The molecule has 0 N–H and O–H groups in total. The second kappa shape index (κ2) is 13.8. The summed E-state index contributed by atoms with van der Waals surface area (Å²) < 4.78 is 8.88. The van der Waals surface area contributed by atoms with Gasteiger partial charge in [0.25, 0.3) is 0 Å². The van der Waals surface area contributed by atoms with Crippen molar-refractivity contribution in [2.75, 3.05) is 0 Å². The predicted molar refractivity (Wildman–Crippen MR) is 246 cm³/mol. The number of rotatable bonds is 6. The molecule has 0 spiro atoms. The summed E-state index contributed by atoms with van der Waals surface area (Å²) in [4.78, 5) is 15.6. The molecule has 3 aromatic heterocycles. The number of hydrogen-bond acceptors (Lipinski definition) is 4. The smallest absolute Gasteiger partial charge is 0.238 e. The molecule has 12 rings (SSSR count). The molecule has 0 unspecified atom stereocenters. The minimum Gasteiger partial charge on any atom is -0.456 e. The molecule has 3 heterocycles. The van der Waals surface area contributed by atoms with Crippen LogP contribution in [0.4, 0.5) is 0 Å². The molecule has 0 bridgehead atoms. The maximum Gasteiger partial charge on any atom is 0.238 e. The molecule has 0 aliphatic rings. The van der Waals surface area contributed by atoms with Crippen LogP contribution in [0.25, 0.3) is 117 Å². The van der Waals surface area contributed by atoms with Gasteiger partial charge in [-0.1, -0.05) is 170 Å². The second-order valence-electron chi connectivity index (χ2n) is 15.2. The maximum absolute atomic E-state index is 6.68. The summed E-state index contributed by atoms with van der Waals surface area (Å²) in [5.74, 6) is 1.77. The van der Waals surface area contributed by atoms with Crippen molar-refractivity contribution in [3.05, 3.63) is 206 Å². The second-order valence-corrected chi connectivity index (χ2v) is 15.2. The van der Waals surface area contributed by atoms with Gasteiger partial charge in [0.15, 0.2) is 11.6 Å². The Morgan fingerprint density at radius 2 is 0.867 bits per heavy atom. The molecule has 0 saturated heterocycles. The molecule has 0 saturated carbocycles. The standard InChI is InChI=1S/C55H34N4O/c1-3-12-35(13-4-1)37-22-25-39(26-23-37)54-56-53(38-15-5-2-6-16-38)57-55(58-54)59-49-21-10-9-18-45(49)48-20-11-19-44(52(48)59)43-29-31-47-46-30-28-42(33-50(46)60-51(47)34-43)41-27-24-36-14-7-8-17-40(36)32-41/h1-34H. The molecular weight excluding hydrogens is 733 g/mol. The van der Waals surface area contributed by atoms with Crippen LogP contribution in [0.3, 0.4) is 0 Å². The summed E-state index contributed by atoms with van der Waals surface area (Å²) in [5, 5.41) is 6.86. The van der Waals surface area contributed by atoms with Crippen LogP contribution in [0.15, 0.2) is 211 Å². The van der Waals surface area contributed by atoms with Gasteiger partial charge in [-0.2, -0.15) is 9.97 Å². The van der Waals surface area contributed by atoms with Gasteiger partial charge in [-0.3, -0.25) is 4.57 Å². The molecule has 5 nitrogen and oxygen atoms in total. The molecule has 60 heavy (non-hydrogen) atoms. The Balaban J connectivity index is 1.03. The minimum absolute atomic E-state index is 0.552. The van der Waals surface area contributed by atoms with Crippen LogP contribution in [-0.4, -0.2) is 19.5 Å². The Labute approximate surface area is 345 Å². The van der Waals surface area contributed by atoms with E-state index in [1.54, 1.807) is 0 Å². The van der Waals surface area contributed by atoms with Gasteiger partial charge >= 0.3 is 0 Å². The van der Waals surface area contributed by atoms with Crippen LogP contribution >= 0.6 is 0 Å². The number of benzene rings is 9. The minimum atomic E-state index is 0.552. The van der Waals surface area contributed by atoms with E-state index in [1.807, 2.05) is 36.4 Å². The Bertz CT molecular complexity index is 3590. The largest absolute Gasteiger partial charge is 0.456 e. The number of para-hydroxylation sites is 2. The van der Waals surface area contributed by atoms with Crippen LogP contribution in [0.5, 0.6) is 0 Å². The van der Waals surface area contributed by atoms with E-state index in [9.17, 15) is 0 Å². The lowest BCUT2D eigenvalue weighted by molar-refractivity contribution is 0.669. The van der Waals surface area contributed by atoms with Gasteiger partial charge in [0.05, 0.1) is 11.0 Å². The van der Waals surface area contributed by atoms with Crippen LogP contribution in [-0.2, 0) is 0 Å². The van der Waals surface area contributed by atoms with Gasteiger partial charge in [-0.05, 0) is 75.0 Å². The summed E-state index contributed by atoms with van der Waals surface area (Å²) in [7, 11) is 0. The molecule has 0 aliphatic carbocycles. The summed E-state index contributed by atoms with van der Waals surface area (Å²) in [6.45, 7) is 0.